The van der Waals surface area contributed by atoms with Gasteiger partial charge >= 0.3 is 0 Å². The van der Waals surface area contributed by atoms with Gasteiger partial charge in [-0.25, -0.2) is 0 Å². The van der Waals surface area contributed by atoms with Crippen molar-refractivity contribution < 1.29 is 4.74 Å². The zero-order valence-electron chi connectivity index (χ0n) is 11.5. The lowest BCUT2D eigenvalue weighted by Gasteiger charge is -2.28. The highest BCUT2D eigenvalue weighted by Gasteiger charge is 2.25. The van der Waals surface area contributed by atoms with Crippen LogP contribution in [0.4, 0.5) is 0 Å². The van der Waals surface area contributed by atoms with E-state index in [0.29, 0.717) is 0 Å². The number of rotatable bonds is 4. The first kappa shape index (κ1) is 13.4. The molecule has 2 rings (SSSR count). The van der Waals surface area contributed by atoms with Gasteiger partial charge in [0.05, 0.1) is 7.11 Å². The van der Waals surface area contributed by atoms with Gasteiger partial charge in [0.15, 0.2) is 0 Å². The molecule has 1 aliphatic rings. The SMILES string of the molecule is COc1ccc(CCC2(N)CCCCCC2)cc1. The van der Waals surface area contributed by atoms with Crippen LogP contribution in [-0.2, 0) is 6.42 Å². The molecular formula is C16H25NO. The Morgan fingerprint density at radius 2 is 1.67 bits per heavy atom. The van der Waals surface area contributed by atoms with Crippen LogP contribution in [0, 0.1) is 0 Å². The average Bonchev–Trinajstić information content (AvgIpc) is 2.62. The Hall–Kier alpha value is -1.02. The highest BCUT2D eigenvalue weighted by molar-refractivity contribution is 5.27. The van der Waals surface area contributed by atoms with Gasteiger partial charge in [0.25, 0.3) is 0 Å². The van der Waals surface area contributed by atoms with Gasteiger partial charge in [-0.15, -0.1) is 0 Å². The molecule has 1 aromatic carbocycles. The van der Waals surface area contributed by atoms with Crippen LogP contribution < -0.4 is 10.5 Å². The summed E-state index contributed by atoms with van der Waals surface area (Å²) in [6.45, 7) is 0. The molecule has 0 amide bonds. The van der Waals surface area contributed by atoms with Crippen molar-refractivity contribution in [1.82, 2.24) is 0 Å². The minimum Gasteiger partial charge on any atom is -0.497 e. The summed E-state index contributed by atoms with van der Waals surface area (Å²) in [4.78, 5) is 0. The highest BCUT2D eigenvalue weighted by atomic mass is 16.5. The number of methoxy groups -OCH3 is 1. The first-order valence-corrected chi connectivity index (χ1v) is 7.14. The molecular weight excluding hydrogens is 222 g/mol. The third-order valence-corrected chi connectivity index (χ3v) is 4.17. The molecule has 2 N–H and O–H groups in total. The minimum absolute atomic E-state index is 0.0798. The quantitative estimate of drug-likeness (QED) is 0.824. The third kappa shape index (κ3) is 3.74. The van der Waals surface area contributed by atoms with E-state index in [0.717, 1.165) is 18.6 Å². The Kier molecular flexibility index (Phi) is 4.65. The molecule has 0 aliphatic heterocycles. The average molecular weight is 247 g/mol. The molecule has 1 fully saturated rings. The number of benzene rings is 1. The molecule has 0 radical (unpaired) electrons. The van der Waals surface area contributed by atoms with E-state index in [9.17, 15) is 0 Å². The van der Waals surface area contributed by atoms with Crippen molar-refractivity contribution in [2.75, 3.05) is 7.11 Å². The molecule has 100 valence electrons. The van der Waals surface area contributed by atoms with E-state index < -0.39 is 0 Å². The van der Waals surface area contributed by atoms with Crippen molar-refractivity contribution >= 4 is 0 Å². The molecule has 0 saturated heterocycles. The van der Waals surface area contributed by atoms with Crippen molar-refractivity contribution in [3.63, 3.8) is 0 Å². The van der Waals surface area contributed by atoms with Crippen LogP contribution in [-0.4, -0.2) is 12.6 Å². The zero-order chi connectivity index (χ0) is 12.8. The van der Waals surface area contributed by atoms with Crippen LogP contribution in [0.2, 0.25) is 0 Å². The van der Waals surface area contributed by atoms with Crippen LogP contribution in [0.25, 0.3) is 0 Å². The van der Waals surface area contributed by atoms with E-state index in [1.165, 1.54) is 44.1 Å². The predicted octanol–water partition coefficient (Wildman–Crippen LogP) is 3.68. The molecule has 1 aliphatic carbocycles. The molecule has 0 unspecified atom stereocenters. The number of hydrogen-bond acceptors (Lipinski definition) is 2. The Bertz CT molecular complexity index is 350. The van der Waals surface area contributed by atoms with Crippen LogP contribution in [0.1, 0.15) is 50.5 Å². The molecule has 0 atom stereocenters. The summed E-state index contributed by atoms with van der Waals surface area (Å²) in [6, 6.07) is 8.37. The summed E-state index contributed by atoms with van der Waals surface area (Å²) in [6.07, 6.45) is 9.92. The van der Waals surface area contributed by atoms with E-state index in [1.54, 1.807) is 7.11 Å². The van der Waals surface area contributed by atoms with E-state index in [4.69, 9.17) is 10.5 Å². The van der Waals surface area contributed by atoms with Gasteiger partial charge in [-0.1, -0.05) is 37.8 Å². The summed E-state index contributed by atoms with van der Waals surface area (Å²) in [5.41, 5.74) is 7.98. The van der Waals surface area contributed by atoms with Gasteiger partial charge in [-0.3, -0.25) is 0 Å². The van der Waals surface area contributed by atoms with Gasteiger partial charge in [-0.05, 0) is 43.4 Å². The maximum Gasteiger partial charge on any atom is 0.118 e. The molecule has 2 heteroatoms. The van der Waals surface area contributed by atoms with Crippen molar-refractivity contribution in [2.24, 2.45) is 5.73 Å². The van der Waals surface area contributed by atoms with Crippen LogP contribution >= 0.6 is 0 Å². The maximum atomic E-state index is 6.54. The lowest BCUT2D eigenvalue weighted by atomic mass is 9.85. The number of aryl methyl sites for hydroxylation is 1. The molecule has 1 saturated carbocycles. The second-order valence-electron chi connectivity index (χ2n) is 5.62. The van der Waals surface area contributed by atoms with Gasteiger partial charge in [0.1, 0.15) is 5.75 Å². The molecule has 0 spiro atoms. The summed E-state index contributed by atoms with van der Waals surface area (Å²) in [7, 11) is 1.70. The molecule has 0 aromatic heterocycles. The fraction of sp³-hybridized carbons (Fsp3) is 0.625. The van der Waals surface area contributed by atoms with Gasteiger partial charge in [-0.2, -0.15) is 0 Å². The fourth-order valence-electron chi connectivity index (χ4n) is 2.87. The Morgan fingerprint density at radius 1 is 1.06 bits per heavy atom. The van der Waals surface area contributed by atoms with E-state index in [-0.39, 0.29) is 5.54 Å². The Labute approximate surface area is 111 Å². The van der Waals surface area contributed by atoms with Gasteiger partial charge in [0.2, 0.25) is 0 Å². The van der Waals surface area contributed by atoms with Crippen LogP contribution in [0.3, 0.4) is 0 Å². The lowest BCUT2D eigenvalue weighted by molar-refractivity contribution is 0.346. The largest absolute Gasteiger partial charge is 0.497 e. The summed E-state index contributed by atoms with van der Waals surface area (Å²) in [5, 5.41) is 0. The predicted molar refractivity (Wildman–Crippen MR) is 75.9 cm³/mol. The fourth-order valence-corrected chi connectivity index (χ4v) is 2.87. The van der Waals surface area contributed by atoms with Gasteiger partial charge in [0, 0.05) is 5.54 Å². The minimum atomic E-state index is 0.0798. The van der Waals surface area contributed by atoms with E-state index in [1.807, 2.05) is 12.1 Å². The Morgan fingerprint density at radius 3 is 2.22 bits per heavy atom. The molecule has 18 heavy (non-hydrogen) atoms. The maximum absolute atomic E-state index is 6.54. The summed E-state index contributed by atoms with van der Waals surface area (Å²) < 4.78 is 5.18. The Balaban J connectivity index is 1.88. The van der Waals surface area contributed by atoms with Gasteiger partial charge < -0.3 is 10.5 Å². The van der Waals surface area contributed by atoms with Crippen molar-refractivity contribution in [3.05, 3.63) is 29.8 Å². The monoisotopic (exact) mass is 247 g/mol. The molecule has 0 heterocycles. The highest BCUT2D eigenvalue weighted by Crippen LogP contribution is 2.29. The smallest absolute Gasteiger partial charge is 0.118 e. The lowest BCUT2D eigenvalue weighted by Crippen LogP contribution is -2.39. The second-order valence-corrected chi connectivity index (χ2v) is 5.62. The number of ether oxygens (including phenoxy) is 1. The number of hydrogen-bond donors (Lipinski definition) is 1. The topological polar surface area (TPSA) is 35.2 Å². The molecule has 1 aromatic rings. The zero-order valence-corrected chi connectivity index (χ0v) is 11.5. The van der Waals surface area contributed by atoms with Crippen molar-refractivity contribution in [3.8, 4) is 5.75 Å². The summed E-state index contributed by atoms with van der Waals surface area (Å²) in [5.74, 6) is 0.927. The second kappa shape index (κ2) is 6.24. The first-order chi connectivity index (χ1) is 8.72. The molecule has 2 nitrogen and oxygen atoms in total. The third-order valence-electron chi connectivity index (χ3n) is 4.17. The van der Waals surface area contributed by atoms with E-state index in [2.05, 4.69) is 12.1 Å². The van der Waals surface area contributed by atoms with Crippen LogP contribution in [0.15, 0.2) is 24.3 Å². The van der Waals surface area contributed by atoms with Crippen LogP contribution in [0.5, 0.6) is 5.75 Å². The molecule has 0 bridgehead atoms. The number of nitrogens with two attached hydrogens (primary N) is 1. The van der Waals surface area contributed by atoms with E-state index >= 15 is 0 Å². The first-order valence-electron chi connectivity index (χ1n) is 7.14. The summed E-state index contributed by atoms with van der Waals surface area (Å²) >= 11 is 0. The van der Waals surface area contributed by atoms with Crippen molar-refractivity contribution in [2.45, 2.75) is 56.9 Å². The van der Waals surface area contributed by atoms with Crippen molar-refractivity contribution in [1.29, 1.82) is 0 Å². The standard InChI is InChI=1S/C16H25NO/c1-18-15-8-6-14(7-9-15)10-13-16(17)11-4-2-3-5-12-16/h6-9H,2-5,10-13,17H2,1H3. The normalized spacial score (nSPS) is 19.2.